The van der Waals surface area contributed by atoms with E-state index in [1.54, 1.807) is 11.3 Å². The summed E-state index contributed by atoms with van der Waals surface area (Å²) in [4.78, 5) is 5.34. The number of thiazole rings is 1. The fourth-order valence-electron chi connectivity index (χ4n) is 2.37. The van der Waals surface area contributed by atoms with Crippen molar-refractivity contribution in [1.82, 2.24) is 4.98 Å². The number of rotatable bonds is 3. The number of para-hydroxylation sites is 1. The average Bonchev–Trinajstić information content (AvgIpc) is 2.91. The van der Waals surface area contributed by atoms with Crippen molar-refractivity contribution < 1.29 is 4.74 Å². The van der Waals surface area contributed by atoms with E-state index in [0.717, 1.165) is 25.2 Å². The van der Waals surface area contributed by atoms with Crippen LogP contribution in [0.5, 0.6) is 5.75 Å². The zero-order valence-corrected chi connectivity index (χ0v) is 10.9. The zero-order chi connectivity index (χ0) is 12.4. The van der Waals surface area contributed by atoms with E-state index in [9.17, 15) is 0 Å². The second-order valence-corrected chi connectivity index (χ2v) is 5.69. The van der Waals surface area contributed by atoms with E-state index in [1.807, 2.05) is 23.8 Å². The number of ether oxygens (including phenoxy) is 1. The number of benzene rings is 1. The fraction of sp³-hybridized carbons (Fsp3) is 0.357. The van der Waals surface area contributed by atoms with Gasteiger partial charge in [-0.15, -0.1) is 11.3 Å². The first-order valence-electron chi connectivity index (χ1n) is 6.16. The first-order valence-corrected chi connectivity index (χ1v) is 7.04. The van der Waals surface area contributed by atoms with Gasteiger partial charge in [0.15, 0.2) is 0 Å². The Bertz CT molecular complexity index is 512. The van der Waals surface area contributed by atoms with Crippen LogP contribution in [0.1, 0.15) is 10.4 Å². The Hall–Kier alpha value is -1.39. The summed E-state index contributed by atoms with van der Waals surface area (Å²) >= 11 is 1.67. The van der Waals surface area contributed by atoms with E-state index in [-0.39, 0.29) is 6.04 Å². The standard InChI is InChI=1S/C14H16N2OS/c15-13(6-12-7-16-9-18-12)11-5-10-3-1-2-4-14(10)17-8-11/h1-4,7,9,11,13H,5-6,8,15H2. The monoisotopic (exact) mass is 260 g/mol. The molecule has 2 aromatic rings. The van der Waals surface area contributed by atoms with E-state index < -0.39 is 0 Å². The van der Waals surface area contributed by atoms with Crippen LogP contribution < -0.4 is 10.5 Å². The molecular weight excluding hydrogens is 244 g/mol. The van der Waals surface area contributed by atoms with E-state index in [1.165, 1.54) is 10.4 Å². The molecule has 0 radical (unpaired) electrons. The topological polar surface area (TPSA) is 48.1 Å². The molecule has 0 saturated carbocycles. The molecule has 0 fully saturated rings. The molecule has 0 spiro atoms. The molecular formula is C14H16N2OS. The predicted molar refractivity (Wildman–Crippen MR) is 72.9 cm³/mol. The van der Waals surface area contributed by atoms with Crippen molar-refractivity contribution in [3.63, 3.8) is 0 Å². The molecule has 0 amide bonds. The summed E-state index contributed by atoms with van der Waals surface area (Å²) < 4.78 is 5.78. The minimum absolute atomic E-state index is 0.138. The zero-order valence-electron chi connectivity index (χ0n) is 10.1. The van der Waals surface area contributed by atoms with Crippen molar-refractivity contribution in [2.75, 3.05) is 6.61 Å². The Kier molecular flexibility index (Phi) is 3.30. The highest BCUT2D eigenvalue weighted by atomic mass is 32.1. The summed E-state index contributed by atoms with van der Waals surface area (Å²) in [6.07, 6.45) is 3.80. The van der Waals surface area contributed by atoms with Crippen LogP contribution in [0.4, 0.5) is 0 Å². The second-order valence-electron chi connectivity index (χ2n) is 4.72. The Balaban J connectivity index is 1.68. The fourth-order valence-corrected chi connectivity index (χ4v) is 3.04. The maximum Gasteiger partial charge on any atom is 0.122 e. The van der Waals surface area contributed by atoms with Crippen LogP contribution in [-0.4, -0.2) is 17.6 Å². The molecule has 2 heterocycles. The third kappa shape index (κ3) is 2.40. The summed E-state index contributed by atoms with van der Waals surface area (Å²) in [6.45, 7) is 0.719. The van der Waals surface area contributed by atoms with Gasteiger partial charge in [0.25, 0.3) is 0 Å². The highest BCUT2D eigenvalue weighted by Crippen LogP contribution is 2.28. The molecule has 18 heavy (non-hydrogen) atoms. The molecule has 0 aliphatic carbocycles. The molecule has 94 valence electrons. The van der Waals surface area contributed by atoms with E-state index in [4.69, 9.17) is 10.5 Å². The molecule has 1 aromatic carbocycles. The van der Waals surface area contributed by atoms with E-state index in [2.05, 4.69) is 17.1 Å². The van der Waals surface area contributed by atoms with Gasteiger partial charge in [0, 0.05) is 23.0 Å². The smallest absolute Gasteiger partial charge is 0.122 e. The van der Waals surface area contributed by atoms with Crippen molar-refractivity contribution in [3.8, 4) is 5.75 Å². The summed E-state index contributed by atoms with van der Waals surface area (Å²) in [5.74, 6) is 1.40. The largest absolute Gasteiger partial charge is 0.493 e. The van der Waals surface area contributed by atoms with Crippen molar-refractivity contribution >= 4 is 11.3 Å². The maximum atomic E-state index is 6.30. The quantitative estimate of drug-likeness (QED) is 0.921. The molecule has 1 aromatic heterocycles. The van der Waals surface area contributed by atoms with Crippen LogP contribution in [0.25, 0.3) is 0 Å². The predicted octanol–water partition coefficient (Wildman–Crippen LogP) is 2.26. The van der Waals surface area contributed by atoms with Crippen LogP contribution in [0.3, 0.4) is 0 Å². The van der Waals surface area contributed by atoms with Gasteiger partial charge in [-0.3, -0.25) is 4.98 Å². The third-order valence-electron chi connectivity index (χ3n) is 3.43. The third-order valence-corrected chi connectivity index (χ3v) is 4.24. The van der Waals surface area contributed by atoms with Crippen LogP contribution in [0, 0.1) is 5.92 Å². The lowest BCUT2D eigenvalue weighted by Crippen LogP contribution is -2.39. The number of hydrogen-bond acceptors (Lipinski definition) is 4. The van der Waals surface area contributed by atoms with Crippen molar-refractivity contribution in [2.45, 2.75) is 18.9 Å². The Morgan fingerprint density at radius 3 is 3.17 bits per heavy atom. The Morgan fingerprint density at radius 1 is 1.44 bits per heavy atom. The molecule has 2 unspecified atom stereocenters. The van der Waals surface area contributed by atoms with Gasteiger partial charge in [0.1, 0.15) is 5.75 Å². The number of aromatic nitrogens is 1. The second kappa shape index (κ2) is 5.08. The van der Waals surface area contributed by atoms with Gasteiger partial charge in [0.05, 0.1) is 12.1 Å². The van der Waals surface area contributed by atoms with Gasteiger partial charge in [-0.2, -0.15) is 0 Å². The maximum absolute atomic E-state index is 6.30. The Morgan fingerprint density at radius 2 is 2.33 bits per heavy atom. The molecule has 2 atom stereocenters. The van der Waals surface area contributed by atoms with Crippen molar-refractivity contribution in [3.05, 3.63) is 46.4 Å². The molecule has 0 saturated heterocycles. The highest BCUT2D eigenvalue weighted by molar-refractivity contribution is 7.09. The van der Waals surface area contributed by atoms with Crippen LogP contribution in [-0.2, 0) is 12.8 Å². The highest BCUT2D eigenvalue weighted by Gasteiger charge is 2.25. The lowest BCUT2D eigenvalue weighted by molar-refractivity contribution is 0.199. The summed E-state index contributed by atoms with van der Waals surface area (Å²) in [7, 11) is 0. The minimum atomic E-state index is 0.138. The Labute approximate surface area is 111 Å². The molecule has 1 aliphatic heterocycles. The molecule has 2 N–H and O–H groups in total. The number of nitrogens with two attached hydrogens (primary N) is 1. The molecule has 4 heteroatoms. The SMILES string of the molecule is NC(Cc1cncs1)C1COc2ccccc2C1. The van der Waals surface area contributed by atoms with E-state index >= 15 is 0 Å². The number of nitrogens with zero attached hydrogens (tertiary/aromatic N) is 1. The first-order chi connectivity index (χ1) is 8.83. The normalized spacial score (nSPS) is 19.9. The average molecular weight is 260 g/mol. The lowest BCUT2D eigenvalue weighted by atomic mass is 9.89. The van der Waals surface area contributed by atoms with E-state index in [0.29, 0.717) is 5.92 Å². The minimum Gasteiger partial charge on any atom is -0.493 e. The van der Waals surface area contributed by atoms with Gasteiger partial charge in [0.2, 0.25) is 0 Å². The van der Waals surface area contributed by atoms with Crippen LogP contribution in [0.2, 0.25) is 0 Å². The summed E-state index contributed by atoms with van der Waals surface area (Å²) in [6, 6.07) is 8.36. The molecule has 0 bridgehead atoms. The summed E-state index contributed by atoms with van der Waals surface area (Å²) in [5, 5.41) is 0. The van der Waals surface area contributed by atoms with Crippen molar-refractivity contribution in [2.24, 2.45) is 11.7 Å². The van der Waals surface area contributed by atoms with Crippen molar-refractivity contribution in [1.29, 1.82) is 0 Å². The van der Waals surface area contributed by atoms with Crippen LogP contribution >= 0.6 is 11.3 Å². The van der Waals surface area contributed by atoms with Crippen LogP contribution in [0.15, 0.2) is 36.0 Å². The van der Waals surface area contributed by atoms with Gasteiger partial charge in [-0.25, -0.2) is 0 Å². The molecule has 3 rings (SSSR count). The molecule has 1 aliphatic rings. The first kappa shape index (κ1) is 11.7. The van der Waals surface area contributed by atoms with Gasteiger partial charge in [-0.05, 0) is 24.5 Å². The lowest BCUT2D eigenvalue weighted by Gasteiger charge is -2.29. The number of fused-ring (bicyclic) bond motifs is 1. The van der Waals surface area contributed by atoms with Gasteiger partial charge >= 0.3 is 0 Å². The number of hydrogen-bond donors (Lipinski definition) is 1. The summed E-state index contributed by atoms with van der Waals surface area (Å²) in [5.41, 5.74) is 9.42. The van der Waals surface area contributed by atoms with Gasteiger partial charge < -0.3 is 10.5 Å². The van der Waals surface area contributed by atoms with Gasteiger partial charge in [-0.1, -0.05) is 18.2 Å². The molecule has 3 nitrogen and oxygen atoms in total.